The zero-order chi connectivity index (χ0) is 13.9. The van der Waals surface area contributed by atoms with Crippen molar-refractivity contribution < 1.29 is 12.8 Å². The Morgan fingerprint density at radius 2 is 1.89 bits per heavy atom. The number of benzene rings is 1. The molecule has 0 unspecified atom stereocenters. The minimum absolute atomic E-state index is 0.0261. The summed E-state index contributed by atoms with van der Waals surface area (Å²) in [6.45, 7) is 1.84. The topological polar surface area (TPSA) is 59.1 Å². The van der Waals surface area contributed by atoms with Gasteiger partial charge in [-0.05, 0) is 31.2 Å². The van der Waals surface area contributed by atoms with Gasteiger partial charge in [-0.25, -0.2) is 17.5 Å². The van der Waals surface area contributed by atoms with Crippen LogP contribution in [0.15, 0.2) is 47.4 Å². The van der Waals surface area contributed by atoms with E-state index in [1.807, 2.05) is 13.0 Å². The van der Waals surface area contributed by atoms with Gasteiger partial charge in [0.15, 0.2) is 0 Å². The highest BCUT2D eigenvalue weighted by molar-refractivity contribution is 7.89. The maximum Gasteiger partial charge on any atom is 0.243 e. The fourth-order valence-electron chi connectivity index (χ4n) is 1.61. The first-order chi connectivity index (χ1) is 8.99. The van der Waals surface area contributed by atoms with Crippen molar-refractivity contribution >= 4 is 10.0 Å². The SMILES string of the molecule is Cc1cccc(CNS(=O)(=O)c2ccccc2F)n1. The van der Waals surface area contributed by atoms with Crippen LogP contribution >= 0.6 is 0 Å². The number of nitrogens with one attached hydrogen (secondary N) is 1. The third-order valence-electron chi connectivity index (χ3n) is 2.52. The normalized spacial score (nSPS) is 11.5. The van der Waals surface area contributed by atoms with Crippen molar-refractivity contribution in [2.24, 2.45) is 0 Å². The van der Waals surface area contributed by atoms with Crippen LogP contribution < -0.4 is 4.72 Å². The van der Waals surface area contributed by atoms with Crippen LogP contribution in [0.3, 0.4) is 0 Å². The van der Waals surface area contributed by atoms with Gasteiger partial charge in [0.2, 0.25) is 10.0 Å². The highest BCUT2D eigenvalue weighted by atomic mass is 32.2. The van der Waals surface area contributed by atoms with E-state index in [-0.39, 0.29) is 11.4 Å². The average Bonchev–Trinajstić information content (AvgIpc) is 2.37. The van der Waals surface area contributed by atoms with Crippen molar-refractivity contribution in [2.75, 3.05) is 0 Å². The smallest absolute Gasteiger partial charge is 0.243 e. The van der Waals surface area contributed by atoms with Crippen LogP contribution in [-0.2, 0) is 16.6 Å². The van der Waals surface area contributed by atoms with Gasteiger partial charge in [0.25, 0.3) is 0 Å². The number of hydrogen-bond donors (Lipinski definition) is 1. The Bertz CT molecular complexity index is 687. The van der Waals surface area contributed by atoms with Crippen LogP contribution in [0.2, 0.25) is 0 Å². The molecule has 6 heteroatoms. The summed E-state index contributed by atoms with van der Waals surface area (Å²) >= 11 is 0. The second-order valence-corrected chi connectivity index (χ2v) is 5.76. The average molecular weight is 280 g/mol. The number of pyridine rings is 1. The second kappa shape index (κ2) is 5.46. The van der Waals surface area contributed by atoms with Gasteiger partial charge in [0.1, 0.15) is 10.7 Å². The van der Waals surface area contributed by atoms with Crippen molar-refractivity contribution in [3.63, 3.8) is 0 Å². The van der Waals surface area contributed by atoms with Gasteiger partial charge >= 0.3 is 0 Å². The number of aromatic nitrogens is 1. The summed E-state index contributed by atoms with van der Waals surface area (Å²) in [7, 11) is -3.87. The third-order valence-corrected chi connectivity index (χ3v) is 3.95. The predicted molar refractivity (Wildman–Crippen MR) is 69.4 cm³/mol. The highest BCUT2D eigenvalue weighted by Crippen LogP contribution is 2.13. The third kappa shape index (κ3) is 3.36. The predicted octanol–water partition coefficient (Wildman–Crippen LogP) is 2.01. The second-order valence-electron chi connectivity index (χ2n) is 4.03. The van der Waals surface area contributed by atoms with E-state index in [0.717, 1.165) is 11.8 Å². The largest absolute Gasteiger partial charge is 0.257 e. The molecule has 0 radical (unpaired) electrons. The van der Waals surface area contributed by atoms with E-state index in [4.69, 9.17) is 0 Å². The Morgan fingerprint density at radius 1 is 1.16 bits per heavy atom. The molecule has 0 aliphatic rings. The molecule has 2 aromatic rings. The number of sulfonamides is 1. The van der Waals surface area contributed by atoms with E-state index >= 15 is 0 Å². The summed E-state index contributed by atoms with van der Waals surface area (Å²) in [5.41, 5.74) is 1.38. The molecule has 0 saturated heterocycles. The molecule has 0 atom stereocenters. The molecule has 2 rings (SSSR count). The lowest BCUT2D eigenvalue weighted by Crippen LogP contribution is -2.24. The zero-order valence-electron chi connectivity index (χ0n) is 10.3. The number of nitrogens with zero attached hydrogens (tertiary/aromatic N) is 1. The Kier molecular flexibility index (Phi) is 3.92. The molecule has 4 nitrogen and oxygen atoms in total. The minimum Gasteiger partial charge on any atom is -0.257 e. The maximum absolute atomic E-state index is 13.4. The molecule has 1 heterocycles. The molecular formula is C13H13FN2O2S. The summed E-state index contributed by atoms with van der Waals surface area (Å²) < 4.78 is 39.6. The molecule has 1 N–H and O–H groups in total. The van der Waals surface area contributed by atoms with Crippen LogP contribution in [0, 0.1) is 12.7 Å². The summed E-state index contributed by atoms with van der Waals surface area (Å²) in [5, 5.41) is 0. The van der Waals surface area contributed by atoms with Crippen LogP contribution in [0.5, 0.6) is 0 Å². The van der Waals surface area contributed by atoms with Gasteiger partial charge in [-0.1, -0.05) is 18.2 Å². The Labute approximate surface area is 111 Å². The Balaban J connectivity index is 2.17. The molecule has 0 spiro atoms. The molecule has 100 valence electrons. The first kappa shape index (κ1) is 13.6. The van der Waals surface area contributed by atoms with E-state index in [0.29, 0.717) is 5.69 Å². The molecule has 0 bridgehead atoms. The van der Waals surface area contributed by atoms with Crippen LogP contribution in [0.1, 0.15) is 11.4 Å². The van der Waals surface area contributed by atoms with Gasteiger partial charge in [0.05, 0.1) is 12.2 Å². The Hall–Kier alpha value is -1.79. The van der Waals surface area contributed by atoms with Gasteiger partial charge in [0, 0.05) is 5.69 Å². The summed E-state index contributed by atoms with van der Waals surface area (Å²) in [5.74, 6) is -0.771. The number of hydrogen-bond acceptors (Lipinski definition) is 3. The molecule has 1 aromatic heterocycles. The summed E-state index contributed by atoms with van der Waals surface area (Å²) in [4.78, 5) is 3.81. The molecule has 0 amide bonds. The number of rotatable bonds is 4. The minimum atomic E-state index is -3.87. The van der Waals surface area contributed by atoms with Gasteiger partial charge in [-0.3, -0.25) is 4.98 Å². The van der Waals surface area contributed by atoms with Crippen LogP contribution in [-0.4, -0.2) is 13.4 Å². The maximum atomic E-state index is 13.4. The lowest BCUT2D eigenvalue weighted by Gasteiger charge is -2.07. The molecule has 0 aliphatic carbocycles. The summed E-state index contributed by atoms with van der Waals surface area (Å²) in [6.07, 6.45) is 0. The van der Waals surface area contributed by atoms with Crippen molar-refractivity contribution in [3.05, 3.63) is 59.7 Å². The first-order valence-electron chi connectivity index (χ1n) is 5.66. The van der Waals surface area contributed by atoms with Gasteiger partial charge < -0.3 is 0 Å². The molecule has 19 heavy (non-hydrogen) atoms. The van der Waals surface area contributed by atoms with E-state index in [9.17, 15) is 12.8 Å². The van der Waals surface area contributed by atoms with Crippen molar-refractivity contribution in [2.45, 2.75) is 18.4 Å². The van der Waals surface area contributed by atoms with Crippen molar-refractivity contribution in [1.82, 2.24) is 9.71 Å². The van der Waals surface area contributed by atoms with Gasteiger partial charge in [-0.2, -0.15) is 0 Å². The standard InChI is InChI=1S/C13H13FN2O2S/c1-10-5-4-6-11(16-10)9-15-19(17,18)13-8-3-2-7-12(13)14/h2-8,15H,9H2,1H3. The Morgan fingerprint density at radius 3 is 2.58 bits per heavy atom. The first-order valence-corrected chi connectivity index (χ1v) is 7.14. The van der Waals surface area contributed by atoms with Crippen LogP contribution in [0.4, 0.5) is 4.39 Å². The van der Waals surface area contributed by atoms with Crippen molar-refractivity contribution in [1.29, 1.82) is 0 Å². The van der Waals surface area contributed by atoms with Crippen molar-refractivity contribution in [3.8, 4) is 0 Å². The van der Waals surface area contributed by atoms with E-state index in [2.05, 4.69) is 9.71 Å². The monoisotopic (exact) mass is 280 g/mol. The van der Waals surface area contributed by atoms with Gasteiger partial charge in [-0.15, -0.1) is 0 Å². The number of halogens is 1. The fraction of sp³-hybridized carbons (Fsp3) is 0.154. The molecule has 0 fully saturated rings. The molecule has 1 aromatic carbocycles. The molecule has 0 aliphatic heterocycles. The summed E-state index contributed by atoms with van der Waals surface area (Å²) in [6, 6.07) is 10.6. The lowest BCUT2D eigenvalue weighted by atomic mass is 10.3. The van der Waals surface area contributed by atoms with Crippen LogP contribution in [0.25, 0.3) is 0 Å². The molecular weight excluding hydrogens is 267 g/mol. The quantitative estimate of drug-likeness (QED) is 0.932. The zero-order valence-corrected chi connectivity index (χ0v) is 11.1. The number of aryl methyl sites for hydroxylation is 1. The van der Waals surface area contributed by atoms with E-state index in [1.54, 1.807) is 12.1 Å². The van der Waals surface area contributed by atoms with E-state index < -0.39 is 15.8 Å². The van der Waals surface area contributed by atoms with E-state index in [1.165, 1.54) is 18.2 Å². The lowest BCUT2D eigenvalue weighted by molar-refractivity contribution is 0.556. The highest BCUT2D eigenvalue weighted by Gasteiger charge is 2.17. The fourth-order valence-corrected chi connectivity index (χ4v) is 2.68. The molecule has 0 saturated carbocycles.